The van der Waals surface area contributed by atoms with E-state index in [4.69, 9.17) is 0 Å². The second kappa shape index (κ2) is 5.78. The number of nitrogens with zero attached hydrogens (tertiary/aromatic N) is 3. The van der Waals surface area contributed by atoms with Crippen LogP contribution >= 0.6 is 0 Å². The van der Waals surface area contributed by atoms with Crippen LogP contribution in [0.25, 0.3) is 0 Å². The fourth-order valence-corrected chi connectivity index (χ4v) is 2.12. The monoisotopic (exact) mass is 245 g/mol. The van der Waals surface area contributed by atoms with Crippen LogP contribution in [0.3, 0.4) is 0 Å². The van der Waals surface area contributed by atoms with Gasteiger partial charge in [-0.1, -0.05) is 13.0 Å². The Balaban J connectivity index is 2.03. The van der Waals surface area contributed by atoms with Gasteiger partial charge in [0.2, 0.25) is 0 Å². The molecule has 0 aromatic carbocycles. The summed E-state index contributed by atoms with van der Waals surface area (Å²) in [5, 5.41) is 14.4. The van der Waals surface area contributed by atoms with Gasteiger partial charge < -0.3 is 5.11 Å². The van der Waals surface area contributed by atoms with Gasteiger partial charge in [0.1, 0.15) is 0 Å². The lowest BCUT2D eigenvalue weighted by molar-refractivity contribution is 0.161. The third-order valence-electron chi connectivity index (χ3n) is 3.22. The van der Waals surface area contributed by atoms with Gasteiger partial charge in [0.05, 0.1) is 11.8 Å². The van der Waals surface area contributed by atoms with Crippen LogP contribution in [0.1, 0.15) is 36.4 Å². The summed E-state index contributed by atoms with van der Waals surface area (Å²) in [4.78, 5) is 4.30. The average molecular weight is 245 g/mol. The first-order valence-electron chi connectivity index (χ1n) is 6.31. The molecule has 0 saturated heterocycles. The van der Waals surface area contributed by atoms with Crippen LogP contribution in [0.15, 0.2) is 30.6 Å². The SMILES string of the molecule is CCc1cccnc1C(O)CCc1ccnn1C. The first-order valence-corrected chi connectivity index (χ1v) is 6.31. The van der Waals surface area contributed by atoms with Crippen molar-refractivity contribution in [3.05, 3.63) is 47.5 Å². The number of hydrogen-bond donors (Lipinski definition) is 1. The van der Waals surface area contributed by atoms with Crippen molar-refractivity contribution in [1.82, 2.24) is 14.8 Å². The second-order valence-electron chi connectivity index (χ2n) is 4.40. The Bertz CT molecular complexity index is 507. The molecular weight excluding hydrogens is 226 g/mol. The molecule has 4 heteroatoms. The smallest absolute Gasteiger partial charge is 0.0966 e. The first-order chi connectivity index (χ1) is 8.72. The molecule has 0 radical (unpaired) electrons. The molecule has 0 aliphatic heterocycles. The maximum absolute atomic E-state index is 10.2. The zero-order valence-corrected chi connectivity index (χ0v) is 10.9. The van der Waals surface area contributed by atoms with Gasteiger partial charge in [0, 0.05) is 25.1 Å². The third kappa shape index (κ3) is 2.76. The fourth-order valence-electron chi connectivity index (χ4n) is 2.12. The van der Waals surface area contributed by atoms with E-state index in [2.05, 4.69) is 17.0 Å². The summed E-state index contributed by atoms with van der Waals surface area (Å²) in [6.07, 6.45) is 5.38. The quantitative estimate of drug-likeness (QED) is 0.877. The molecule has 4 nitrogen and oxygen atoms in total. The first kappa shape index (κ1) is 12.8. The standard InChI is InChI=1S/C14H19N3O/c1-3-11-5-4-9-15-14(11)13(18)7-6-12-8-10-16-17(12)2/h4-5,8-10,13,18H,3,6-7H2,1-2H3. The molecule has 18 heavy (non-hydrogen) atoms. The Hall–Kier alpha value is -1.68. The van der Waals surface area contributed by atoms with Crippen LogP contribution in [-0.2, 0) is 19.9 Å². The van der Waals surface area contributed by atoms with Crippen molar-refractivity contribution in [2.75, 3.05) is 0 Å². The highest BCUT2D eigenvalue weighted by atomic mass is 16.3. The molecule has 2 rings (SSSR count). The highest BCUT2D eigenvalue weighted by Gasteiger charge is 2.13. The van der Waals surface area contributed by atoms with Crippen LogP contribution in [0, 0.1) is 0 Å². The zero-order valence-electron chi connectivity index (χ0n) is 10.9. The number of hydrogen-bond acceptors (Lipinski definition) is 3. The van der Waals surface area contributed by atoms with Gasteiger partial charge in [-0.05, 0) is 37.0 Å². The molecule has 0 bridgehead atoms. The number of aliphatic hydroxyl groups excluding tert-OH is 1. The van der Waals surface area contributed by atoms with Gasteiger partial charge >= 0.3 is 0 Å². The van der Waals surface area contributed by atoms with E-state index in [0.717, 1.165) is 29.8 Å². The molecule has 96 valence electrons. The van der Waals surface area contributed by atoms with Crippen molar-refractivity contribution < 1.29 is 5.11 Å². The predicted octanol–water partition coefficient (Wildman–Crippen LogP) is 2.04. The number of rotatable bonds is 5. The molecule has 0 fully saturated rings. The molecule has 0 aliphatic carbocycles. The number of pyridine rings is 1. The van der Waals surface area contributed by atoms with Crippen LogP contribution in [0.4, 0.5) is 0 Å². The molecule has 0 amide bonds. The molecule has 0 spiro atoms. The summed E-state index contributed by atoms with van der Waals surface area (Å²) in [5.41, 5.74) is 3.06. The molecule has 1 atom stereocenters. The van der Waals surface area contributed by atoms with E-state index in [0.29, 0.717) is 6.42 Å². The summed E-state index contributed by atoms with van der Waals surface area (Å²) in [6, 6.07) is 5.91. The molecule has 2 heterocycles. The highest BCUT2D eigenvalue weighted by Crippen LogP contribution is 2.20. The Kier molecular flexibility index (Phi) is 4.10. The lowest BCUT2D eigenvalue weighted by Gasteiger charge is -2.13. The average Bonchev–Trinajstić information content (AvgIpc) is 2.81. The van der Waals surface area contributed by atoms with Crippen LogP contribution in [0.2, 0.25) is 0 Å². The molecule has 1 N–H and O–H groups in total. The van der Waals surface area contributed by atoms with Gasteiger partial charge in [-0.3, -0.25) is 9.67 Å². The van der Waals surface area contributed by atoms with Crippen molar-refractivity contribution in [3.63, 3.8) is 0 Å². The molecule has 2 aromatic rings. The molecule has 1 unspecified atom stereocenters. The highest BCUT2D eigenvalue weighted by molar-refractivity contribution is 5.21. The van der Waals surface area contributed by atoms with Gasteiger partial charge in [-0.25, -0.2) is 0 Å². The van der Waals surface area contributed by atoms with E-state index in [1.807, 2.05) is 29.9 Å². The minimum Gasteiger partial charge on any atom is -0.387 e. The van der Waals surface area contributed by atoms with Gasteiger partial charge in [0.25, 0.3) is 0 Å². The minimum absolute atomic E-state index is 0.504. The molecule has 0 saturated carbocycles. The number of aromatic nitrogens is 3. The van der Waals surface area contributed by atoms with Crippen LogP contribution in [0.5, 0.6) is 0 Å². The van der Waals surface area contributed by atoms with E-state index < -0.39 is 6.10 Å². The summed E-state index contributed by atoms with van der Waals surface area (Å²) in [5.74, 6) is 0. The maximum atomic E-state index is 10.2. The van der Waals surface area contributed by atoms with E-state index in [9.17, 15) is 5.11 Å². The zero-order chi connectivity index (χ0) is 13.0. The third-order valence-corrected chi connectivity index (χ3v) is 3.22. The minimum atomic E-state index is -0.504. The van der Waals surface area contributed by atoms with E-state index in [1.54, 1.807) is 12.4 Å². The van der Waals surface area contributed by atoms with Crippen molar-refractivity contribution in [1.29, 1.82) is 0 Å². The van der Waals surface area contributed by atoms with E-state index in [-0.39, 0.29) is 0 Å². The summed E-state index contributed by atoms with van der Waals surface area (Å²) in [6.45, 7) is 2.08. The van der Waals surface area contributed by atoms with Crippen molar-refractivity contribution in [2.24, 2.45) is 7.05 Å². The molecular formula is C14H19N3O. The fraction of sp³-hybridized carbons (Fsp3) is 0.429. The summed E-state index contributed by atoms with van der Waals surface area (Å²) < 4.78 is 1.84. The Morgan fingerprint density at radius 2 is 2.17 bits per heavy atom. The van der Waals surface area contributed by atoms with Crippen molar-refractivity contribution in [3.8, 4) is 0 Å². The normalized spacial score (nSPS) is 12.6. The predicted molar refractivity (Wildman–Crippen MR) is 70.1 cm³/mol. The largest absolute Gasteiger partial charge is 0.387 e. The van der Waals surface area contributed by atoms with Crippen LogP contribution in [-0.4, -0.2) is 19.9 Å². The van der Waals surface area contributed by atoms with Gasteiger partial charge in [0.15, 0.2) is 0 Å². The Morgan fingerprint density at radius 3 is 2.83 bits per heavy atom. The topological polar surface area (TPSA) is 50.9 Å². The Morgan fingerprint density at radius 1 is 1.33 bits per heavy atom. The number of aryl methyl sites for hydroxylation is 3. The number of aliphatic hydroxyl groups is 1. The second-order valence-corrected chi connectivity index (χ2v) is 4.40. The van der Waals surface area contributed by atoms with Crippen LogP contribution < -0.4 is 0 Å². The maximum Gasteiger partial charge on any atom is 0.0966 e. The molecule has 2 aromatic heterocycles. The van der Waals surface area contributed by atoms with Crippen molar-refractivity contribution >= 4 is 0 Å². The van der Waals surface area contributed by atoms with E-state index in [1.165, 1.54) is 0 Å². The lowest BCUT2D eigenvalue weighted by Crippen LogP contribution is -2.07. The van der Waals surface area contributed by atoms with E-state index >= 15 is 0 Å². The lowest BCUT2D eigenvalue weighted by atomic mass is 10.0. The summed E-state index contributed by atoms with van der Waals surface area (Å²) >= 11 is 0. The van der Waals surface area contributed by atoms with Gasteiger partial charge in [-0.2, -0.15) is 5.10 Å². The Labute approximate surface area is 107 Å². The summed E-state index contributed by atoms with van der Waals surface area (Å²) in [7, 11) is 1.92. The van der Waals surface area contributed by atoms with Gasteiger partial charge in [-0.15, -0.1) is 0 Å². The molecule has 0 aliphatic rings. The van der Waals surface area contributed by atoms with Crippen molar-refractivity contribution in [2.45, 2.75) is 32.3 Å².